The molecule has 0 unspecified atom stereocenters. The highest BCUT2D eigenvalue weighted by Gasteiger charge is 2.23. The number of carbonyl (C=O) groups excluding carboxylic acids is 2. The van der Waals surface area contributed by atoms with E-state index < -0.39 is 0 Å². The lowest BCUT2D eigenvalue weighted by Gasteiger charge is -2.16. The van der Waals surface area contributed by atoms with Crippen molar-refractivity contribution in [3.8, 4) is 5.75 Å². The normalized spacial score (nSPS) is 15.6. The highest BCUT2D eigenvalue weighted by molar-refractivity contribution is 9.12. The molecule has 1 aliphatic rings. The van der Waals surface area contributed by atoms with Gasteiger partial charge in [-0.2, -0.15) is 0 Å². The first-order chi connectivity index (χ1) is 10.9. The van der Waals surface area contributed by atoms with Gasteiger partial charge in [0.2, 0.25) is 0 Å². The molecule has 0 radical (unpaired) electrons. The van der Waals surface area contributed by atoms with Gasteiger partial charge >= 0.3 is 0 Å². The van der Waals surface area contributed by atoms with Gasteiger partial charge in [0.25, 0.3) is 11.8 Å². The third-order valence-corrected chi connectivity index (χ3v) is 4.57. The van der Waals surface area contributed by atoms with E-state index in [9.17, 15) is 9.59 Å². The molecule has 5 heteroatoms. The maximum absolute atomic E-state index is 12.3. The molecule has 1 aromatic rings. The molecule has 0 fully saturated rings. The van der Waals surface area contributed by atoms with Crippen molar-refractivity contribution in [3.63, 3.8) is 0 Å². The van der Waals surface area contributed by atoms with Crippen LogP contribution < -0.4 is 4.74 Å². The van der Waals surface area contributed by atoms with Crippen molar-refractivity contribution in [1.29, 1.82) is 0 Å². The van der Waals surface area contributed by atoms with Gasteiger partial charge in [-0.1, -0.05) is 12.1 Å². The van der Waals surface area contributed by atoms with Crippen molar-refractivity contribution in [2.45, 2.75) is 26.7 Å². The minimum Gasteiger partial charge on any atom is -0.496 e. The molecule has 0 N–H and O–H groups in total. The molecule has 0 saturated carbocycles. The number of halogens is 1. The summed E-state index contributed by atoms with van der Waals surface area (Å²) >= 11 is 3.22. The van der Waals surface area contributed by atoms with E-state index in [-0.39, 0.29) is 11.8 Å². The van der Waals surface area contributed by atoms with E-state index in [4.69, 9.17) is 4.74 Å². The van der Waals surface area contributed by atoms with Crippen LogP contribution in [-0.4, -0.2) is 30.4 Å². The van der Waals surface area contributed by atoms with Crippen molar-refractivity contribution >= 4 is 33.8 Å². The van der Waals surface area contributed by atoms with Gasteiger partial charge in [0, 0.05) is 12.6 Å². The number of hydrogen-bond donors (Lipinski definition) is 0. The Hall–Kier alpha value is -1.88. The molecule has 122 valence electrons. The number of imide groups is 1. The van der Waals surface area contributed by atoms with Gasteiger partial charge in [0.1, 0.15) is 5.75 Å². The fourth-order valence-corrected chi connectivity index (χ4v) is 2.87. The molecule has 0 bridgehead atoms. The number of carbonyl (C=O) groups is 2. The molecular weight excluding hydrogens is 358 g/mol. The highest BCUT2D eigenvalue weighted by atomic mass is 79.9. The van der Waals surface area contributed by atoms with Crippen LogP contribution in [0.5, 0.6) is 5.75 Å². The SMILES string of the molecule is COc1cc(/C=C/C(=O)N2CCCC=C(Br)C2=O)cc(C)c1C. The predicted octanol–water partition coefficient (Wildman–Crippen LogP) is 3.75. The van der Waals surface area contributed by atoms with Crippen LogP contribution in [0.15, 0.2) is 28.8 Å². The first kappa shape index (κ1) is 17.5. The summed E-state index contributed by atoms with van der Waals surface area (Å²) in [4.78, 5) is 25.7. The average Bonchev–Trinajstić information content (AvgIpc) is 2.70. The number of hydrogen-bond acceptors (Lipinski definition) is 3. The van der Waals surface area contributed by atoms with Crippen LogP contribution in [-0.2, 0) is 9.59 Å². The van der Waals surface area contributed by atoms with E-state index in [0.29, 0.717) is 11.0 Å². The zero-order chi connectivity index (χ0) is 17.0. The maximum atomic E-state index is 12.3. The van der Waals surface area contributed by atoms with Crippen LogP contribution in [0.25, 0.3) is 6.08 Å². The molecule has 2 rings (SSSR count). The zero-order valence-electron chi connectivity index (χ0n) is 13.6. The second kappa shape index (κ2) is 7.59. The molecule has 0 aliphatic carbocycles. The largest absolute Gasteiger partial charge is 0.496 e. The van der Waals surface area contributed by atoms with Gasteiger partial charge in [0.15, 0.2) is 0 Å². The molecule has 0 aromatic heterocycles. The summed E-state index contributed by atoms with van der Waals surface area (Å²) in [5.74, 6) is 0.197. The van der Waals surface area contributed by atoms with Gasteiger partial charge < -0.3 is 4.74 Å². The summed E-state index contributed by atoms with van der Waals surface area (Å²) in [6, 6.07) is 3.87. The molecule has 23 heavy (non-hydrogen) atoms. The predicted molar refractivity (Wildman–Crippen MR) is 94.5 cm³/mol. The summed E-state index contributed by atoms with van der Waals surface area (Å²) in [6.45, 7) is 4.42. The van der Waals surface area contributed by atoms with Crippen LogP contribution in [0, 0.1) is 13.8 Å². The number of amides is 2. The van der Waals surface area contributed by atoms with Gasteiger partial charge in [-0.05, 0) is 71.5 Å². The topological polar surface area (TPSA) is 46.6 Å². The van der Waals surface area contributed by atoms with Crippen LogP contribution in [0.2, 0.25) is 0 Å². The highest BCUT2D eigenvalue weighted by Crippen LogP contribution is 2.24. The molecule has 1 aliphatic heterocycles. The molecule has 2 amide bonds. The molecule has 0 atom stereocenters. The summed E-state index contributed by atoms with van der Waals surface area (Å²) < 4.78 is 5.79. The van der Waals surface area contributed by atoms with Crippen LogP contribution in [0.3, 0.4) is 0 Å². The van der Waals surface area contributed by atoms with E-state index in [1.165, 1.54) is 11.0 Å². The third-order valence-electron chi connectivity index (χ3n) is 3.91. The lowest BCUT2D eigenvalue weighted by molar-refractivity contribution is -0.138. The number of nitrogens with zero attached hydrogens (tertiary/aromatic N) is 1. The molecule has 4 nitrogen and oxygen atoms in total. The number of aryl methyl sites for hydroxylation is 1. The van der Waals surface area contributed by atoms with Crippen LogP contribution in [0.1, 0.15) is 29.5 Å². The number of allylic oxidation sites excluding steroid dienone is 1. The third kappa shape index (κ3) is 4.10. The van der Waals surface area contributed by atoms with Gasteiger partial charge in [0.05, 0.1) is 11.6 Å². The van der Waals surface area contributed by atoms with Crippen molar-refractivity contribution in [2.75, 3.05) is 13.7 Å². The fourth-order valence-electron chi connectivity index (χ4n) is 2.43. The Morgan fingerprint density at radius 1 is 1.35 bits per heavy atom. The monoisotopic (exact) mass is 377 g/mol. The number of methoxy groups -OCH3 is 1. The maximum Gasteiger partial charge on any atom is 0.267 e. The van der Waals surface area contributed by atoms with Crippen LogP contribution >= 0.6 is 15.9 Å². The smallest absolute Gasteiger partial charge is 0.267 e. The Labute approximate surface area is 144 Å². The molecule has 0 spiro atoms. The number of benzene rings is 1. The second-order valence-corrected chi connectivity index (χ2v) is 6.34. The average molecular weight is 378 g/mol. The van der Waals surface area contributed by atoms with Gasteiger partial charge in [-0.15, -0.1) is 0 Å². The minimum absolute atomic E-state index is 0.283. The van der Waals surface area contributed by atoms with E-state index >= 15 is 0 Å². The Morgan fingerprint density at radius 2 is 2.09 bits per heavy atom. The van der Waals surface area contributed by atoms with Crippen LogP contribution in [0.4, 0.5) is 0 Å². The lowest BCUT2D eigenvalue weighted by Crippen LogP contribution is -2.35. The molecule has 1 aromatic carbocycles. The molecular formula is C18H20BrNO3. The van der Waals surface area contributed by atoms with E-state index in [1.807, 2.05) is 32.1 Å². The van der Waals surface area contributed by atoms with Crippen molar-refractivity contribution in [1.82, 2.24) is 4.90 Å². The van der Waals surface area contributed by atoms with E-state index in [2.05, 4.69) is 15.9 Å². The summed E-state index contributed by atoms with van der Waals surface area (Å²) in [7, 11) is 1.63. The van der Waals surface area contributed by atoms with Gasteiger partial charge in [-0.3, -0.25) is 14.5 Å². The Morgan fingerprint density at radius 3 is 2.78 bits per heavy atom. The second-order valence-electron chi connectivity index (χ2n) is 5.49. The Balaban J connectivity index is 2.19. The van der Waals surface area contributed by atoms with Crippen molar-refractivity contribution in [3.05, 3.63) is 45.5 Å². The molecule has 1 heterocycles. The van der Waals surface area contributed by atoms with E-state index in [0.717, 1.165) is 35.3 Å². The summed E-state index contributed by atoms with van der Waals surface area (Å²) in [5.41, 5.74) is 3.04. The molecule has 0 saturated heterocycles. The fraction of sp³-hybridized carbons (Fsp3) is 0.333. The minimum atomic E-state index is -0.306. The van der Waals surface area contributed by atoms with Crippen molar-refractivity contribution in [2.24, 2.45) is 0 Å². The standard InChI is InChI=1S/C18H20BrNO3/c1-12-10-14(11-16(23-3)13(12)2)7-8-17(21)20-9-5-4-6-15(19)18(20)22/h6-8,10-11H,4-5,9H2,1-3H3/b8-7+. The lowest BCUT2D eigenvalue weighted by atomic mass is 10.0. The first-order valence-electron chi connectivity index (χ1n) is 7.49. The Bertz CT molecular complexity index is 692. The summed E-state index contributed by atoms with van der Waals surface area (Å²) in [5, 5.41) is 0. The summed E-state index contributed by atoms with van der Waals surface area (Å²) in [6.07, 6.45) is 6.53. The quantitative estimate of drug-likeness (QED) is 0.753. The van der Waals surface area contributed by atoms with E-state index in [1.54, 1.807) is 13.2 Å². The Kier molecular flexibility index (Phi) is 5.77. The number of rotatable bonds is 3. The first-order valence-corrected chi connectivity index (χ1v) is 8.28. The number of ether oxygens (including phenoxy) is 1. The van der Waals surface area contributed by atoms with Gasteiger partial charge in [-0.25, -0.2) is 0 Å². The van der Waals surface area contributed by atoms with Crippen molar-refractivity contribution < 1.29 is 14.3 Å². The zero-order valence-corrected chi connectivity index (χ0v) is 15.1.